The largest absolute Gasteiger partial charge is 0.299 e. The topological polar surface area (TPSA) is 34.9 Å². The number of halogens is 2. The average molecular weight is 264 g/mol. The molecule has 2 rings (SSSR count). The van der Waals surface area contributed by atoms with Crippen molar-refractivity contribution in [3.63, 3.8) is 0 Å². The minimum atomic E-state index is -0.672. The zero-order valence-electron chi connectivity index (χ0n) is 10.6. The van der Waals surface area contributed by atoms with E-state index in [1.54, 1.807) is 17.9 Å². The quantitative estimate of drug-likeness (QED) is 0.831. The van der Waals surface area contributed by atoms with Crippen molar-refractivity contribution in [2.24, 2.45) is 7.05 Å². The van der Waals surface area contributed by atoms with Gasteiger partial charge in [0.15, 0.2) is 0 Å². The minimum Gasteiger partial charge on any atom is -0.299 e. The molecular formula is C14H14F2N2O. The molecule has 0 fully saturated rings. The van der Waals surface area contributed by atoms with Gasteiger partial charge in [-0.15, -0.1) is 0 Å². The molecule has 19 heavy (non-hydrogen) atoms. The highest BCUT2D eigenvalue weighted by atomic mass is 19.1. The number of hydrogen-bond acceptors (Lipinski definition) is 2. The van der Waals surface area contributed by atoms with E-state index in [2.05, 4.69) is 5.10 Å². The van der Waals surface area contributed by atoms with Crippen molar-refractivity contribution < 1.29 is 13.6 Å². The summed E-state index contributed by atoms with van der Waals surface area (Å²) in [4.78, 5) is 11.8. The van der Waals surface area contributed by atoms with Gasteiger partial charge in [-0.1, -0.05) is 6.07 Å². The summed E-state index contributed by atoms with van der Waals surface area (Å²) < 4.78 is 28.4. The molecule has 0 N–H and O–H groups in total. The molecular weight excluding hydrogens is 250 g/mol. The fraction of sp³-hybridized carbons (Fsp3) is 0.286. The predicted octanol–water partition coefficient (Wildman–Crippen LogP) is 2.44. The summed E-state index contributed by atoms with van der Waals surface area (Å²) in [6.07, 6.45) is 2.20. The molecule has 0 aliphatic carbocycles. The van der Waals surface area contributed by atoms with Gasteiger partial charge >= 0.3 is 0 Å². The van der Waals surface area contributed by atoms with Crippen LogP contribution in [-0.4, -0.2) is 15.6 Å². The lowest BCUT2D eigenvalue weighted by Gasteiger charge is -2.05. The molecule has 0 atom stereocenters. The summed E-state index contributed by atoms with van der Waals surface area (Å²) in [6.45, 7) is 0. The molecule has 100 valence electrons. The maximum atomic E-state index is 13.4. The van der Waals surface area contributed by atoms with Gasteiger partial charge in [0.25, 0.3) is 0 Å². The summed E-state index contributed by atoms with van der Waals surface area (Å²) in [6, 6.07) is 5.42. The van der Waals surface area contributed by atoms with Crippen molar-refractivity contribution >= 4 is 5.78 Å². The summed E-state index contributed by atoms with van der Waals surface area (Å²) in [5.41, 5.74) is 0.764. The van der Waals surface area contributed by atoms with E-state index in [0.717, 1.165) is 17.8 Å². The van der Waals surface area contributed by atoms with Crippen molar-refractivity contribution in [2.45, 2.75) is 19.3 Å². The molecule has 0 saturated heterocycles. The van der Waals surface area contributed by atoms with Crippen LogP contribution >= 0.6 is 0 Å². The first kappa shape index (κ1) is 13.4. The van der Waals surface area contributed by atoms with E-state index >= 15 is 0 Å². The van der Waals surface area contributed by atoms with Crippen molar-refractivity contribution in [3.05, 3.63) is 53.4 Å². The number of Topliss-reactive ketones (excluding diaryl/α,β-unsaturated/α-hetero) is 1. The second-order valence-corrected chi connectivity index (χ2v) is 4.36. The molecule has 0 spiro atoms. The fourth-order valence-corrected chi connectivity index (χ4v) is 1.90. The van der Waals surface area contributed by atoms with E-state index < -0.39 is 11.6 Å². The lowest BCUT2D eigenvalue weighted by Crippen LogP contribution is -2.09. The number of ketones is 1. The molecule has 1 aromatic heterocycles. The van der Waals surface area contributed by atoms with E-state index in [-0.39, 0.29) is 24.2 Å². The number of rotatable bonds is 5. The van der Waals surface area contributed by atoms with Crippen molar-refractivity contribution in [2.75, 3.05) is 0 Å². The Morgan fingerprint density at radius 3 is 2.53 bits per heavy atom. The Kier molecular flexibility index (Phi) is 4.04. The molecule has 1 aromatic carbocycles. The monoisotopic (exact) mass is 264 g/mol. The molecule has 1 heterocycles. The van der Waals surface area contributed by atoms with Gasteiger partial charge in [-0.05, 0) is 24.6 Å². The van der Waals surface area contributed by atoms with Gasteiger partial charge in [0.2, 0.25) is 0 Å². The smallest absolute Gasteiger partial charge is 0.137 e. The number of benzene rings is 1. The first-order valence-corrected chi connectivity index (χ1v) is 5.99. The first-order valence-electron chi connectivity index (χ1n) is 5.99. The Morgan fingerprint density at radius 2 is 1.95 bits per heavy atom. The van der Waals surface area contributed by atoms with Crippen LogP contribution < -0.4 is 0 Å². The maximum Gasteiger partial charge on any atom is 0.137 e. The summed E-state index contributed by atoms with van der Waals surface area (Å²) >= 11 is 0. The second kappa shape index (κ2) is 5.73. The van der Waals surface area contributed by atoms with Gasteiger partial charge in [-0.25, -0.2) is 8.78 Å². The van der Waals surface area contributed by atoms with Crippen LogP contribution in [0.2, 0.25) is 0 Å². The molecule has 3 nitrogen and oxygen atoms in total. The number of carbonyl (C=O) groups excluding carboxylic acids is 1. The number of aryl methyl sites for hydroxylation is 2. The van der Waals surface area contributed by atoms with Crippen molar-refractivity contribution in [3.8, 4) is 0 Å². The highest BCUT2D eigenvalue weighted by Gasteiger charge is 2.13. The molecule has 2 aromatic rings. The third-order valence-electron chi connectivity index (χ3n) is 3.02. The van der Waals surface area contributed by atoms with E-state index in [1.165, 1.54) is 6.07 Å². The van der Waals surface area contributed by atoms with Crippen LogP contribution in [0.5, 0.6) is 0 Å². The van der Waals surface area contributed by atoms with Gasteiger partial charge in [0.05, 0.1) is 0 Å². The standard InChI is InChI=1S/C14H14F2N2O/c1-18-10(7-8-17-18)5-6-11(19)9-12-13(15)3-2-4-14(12)16/h2-4,7-8H,5-6,9H2,1H3. The van der Waals surface area contributed by atoms with Crippen LogP contribution in [0.3, 0.4) is 0 Å². The summed E-state index contributed by atoms with van der Waals surface area (Å²) in [5, 5.41) is 3.99. The van der Waals surface area contributed by atoms with Crippen LogP contribution in [0.1, 0.15) is 17.7 Å². The van der Waals surface area contributed by atoms with Crippen molar-refractivity contribution in [1.29, 1.82) is 0 Å². The van der Waals surface area contributed by atoms with Crippen LogP contribution in [0.25, 0.3) is 0 Å². The molecule has 0 amide bonds. The molecule has 0 unspecified atom stereocenters. The number of nitrogens with zero attached hydrogens (tertiary/aromatic N) is 2. The van der Waals surface area contributed by atoms with Crippen LogP contribution in [0.4, 0.5) is 8.78 Å². The fourth-order valence-electron chi connectivity index (χ4n) is 1.90. The average Bonchev–Trinajstić information content (AvgIpc) is 2.77. The van der Waals surface area contributed by atoms with E-state index in [4.69, 9.17) is 0 Å². The molecule has 0 radical (unpaired) electrons. The van der Waals surface area contributed by atoms with E-state index in [9.17, 15) is 13.6 Å². The van der Waals surface area contributed by atoms with Gasteiger partial charge < -0.3 is 0 Å². The number of aromatic nitrogens is 2. The molecule has 0 aliphatic heterocycles. The van der Waals surface area contributed by atoms with Crippen molar-refractivity contribution in [1.82, 2.24) is 9.78 Å². The summed E-state index contributed by atoms with van der Waals surface area (Å²) in [7, 11) is 1.79. The predicted molar refractivity (Wildman–Crippen MR) is 66.6 cm³/mol. The highest BCUT2D eigenvalue weighted by Crippen LogP contribution is 2.14. The summed E-state index contributed by atoms with van der Waals surface area (Å²) in [5.74, 6) is -1.53. The zero-order valence-corrected chi connectivity index (χ0v) is 10.6. The Bertz CT molecular complexity index is 573. The maximum absolute atomic E-state index is 13.4. The second-order valence-electron chi connectivity index (χ2n) is 4.36. The number of hydrogen-bond donors (Lipinski definition) is 0. The normalized spacial score (nSPS) is 10.7. The Morgan fingerprint density at radius 1 is 1.26 bits per heavy atom. The van der Waals surface area contributed by atoms with Crippen LogP contribution in [-0.2, 0) is 24.7 Å². The van der Waals surface area contributed by atoms with E-state index in [1.807, 2.05) is 6.07 Å². The van der Waals surface area contributed by atoms with Gasteiger partial charge in [0.1, 0.15) is 17.4 Å². The van der Waals surface area contributed by atoms with E-state index in [0.29, 0.717) is 6.42 Å². The Labute approximate surface area is 109 Å². The molecule has 0 bridgehead atoms. The van der Waals surface area contributed by atoms with Crippen LogP contribution in [0.15, 0.2) is 30.5 Å². The van der Waals surface area contributed by atoms with Gasteiger partial charge in [-0.2, -0.15) is 5.10 Å². The lowest BCUT2D eigenvalue weighted by molar-refractivity contribution is -0.118. The minimum absolute atomic E-state index is 0.155. The molecule has 0 aliphatic rings. The zero-order chi connectivity index (χ0) is 13.8. The first-order chi connectivity index (χ1) is 9.08. The lowest BCUT2D eigenvalue weighted by atomic mass is 10.0. The SMILES string of the molecule is Cn1nccc1CCC(=O)Cc1c(F)cccc1F. The highest BCUT2D eigenvalue weighted by molar-refractivity contribution is 5.81. The Hall–Kier alpha value is -2.04. The van der Waals surface area contributed by atoms with Gasteiger partial charge in [0, 0.05) is 37.3 Å². The Balaban J connectivity index is 1.97. The number of carbonyl (C=O) groups is 1. The van der Waals surface area contributed by atoms with Crippen LogP contribution in [0, 0.1) is 11.6 Å². The molecule has 0 saturated carbocycles. The molecule has 5 heteroatoms. The third-order valence-corrected chi connectivity index (χ3v) is 3.02. The van der Waals surface area contributed by atoms with Gasteiger partial charge in [-0.3, -0.25) is 9.48 Å². The third kappa shape index (κ3) is 3.24.